The van der Waals surface area contributed by atoms with Crippen molar-refractivity contribution >= 4 is 28.9 Å². The van der Waals surface area contributed by atoms with E-state index in [1.165, 1.54) is 11.3 Å². The third kappa shape index (κ3) is 5.03. The first-order chi connectivity index (χ1) is 14.0. The Morgan fingerprint density at radius 1 is 1.07 bits per heavy atom. The molecule has 0 saturated carbocycles. The number of nitrogens with one attached hydrogen (secondary N) is 1. The number of carbonyl (C=O) groups is 2. The lowest BCUT2D eigenvalue weighted by Gasteiger charge is -2.09. The lowest BCUT2D eigenvalue weighted by atomic mass is 10.1. The maximum Gasteiger partial charge on any atom is 0.350 e. The van der Waals surface area contributed by atoms with Crippen LogP contribution in [0.1, 0.15) is 27.7 Å². The number of anilines is 1. The first-order valence-electron chi connectivity index (χ1n) is 9.31. The molecule has 150 valence electrons. The number of carbonyl (C=O) groups excluding carboxylic acids is 2. The van der Waals surface area contributed by atoms with E-state index in [9.17, 15) is 9.59 Å². The van der Waals surface area contributed by atoms with Crippen LogP contribution in [0.4, 0.5) is 5.69 Å². The molecule has 1 amide bonds. The van der Waals surface area contributed by atoms with E-state index in [0.29, 0.717) is 10.6 Å². The van der Waals surface area contributed by atoms with Gasteiger partial charge < -0.3 is 14.8 Å². The van der Waals surface area contributed by atoms with Crippen molar-refractivity contribution in [3.05, 3.63) is 70.6 Å². The van der Waals surface area contributed by atoms with Gasteiger partial charge in [-0.2, -0.15) is 0 Å². The van der Waals surface area contributed by atoms with Gasteiger partial charge in [-0.15, -0.1) is 11.3 Å². The Morgan fingerprint density at radius 3 is 2.48 bits per heavy atom. The SMILES string of the molecule is CCOC(=O)c1sc(-c2ccccc2)cc1NC(=O)Cc1ccc(OC)c(C)c1. The Bertz CT molecular complexity index is 1010. The number of amides is 1. The van der Waals surface area contributed by atoms with Crippen LogP contribution in [0, 0.1) is 6.92 Å². The Hall–Kier alpha value is -3.12. The molecule has 0 atom stereocenters. The van der Waals surface area contributed by atoms with Crippen molar-refractivity contribution in [1.82, 2.24) is 0 Å². The number of aryl methyl sites for hydroxylation is 1. The highest BCUT2D eigenvalue weighted by Gasteiger charge is 2.20. The summed E-state index contributed by atoms with van der Waals surface area (Å²) in [7, 11) is 1.62. The predicted octanol–water partition coefficient (Wildman–Crippen LogP) is 5.09. The summed E-state index contributed by atoms with van der Waals surface area (Å²) >= 11 is 1.31. The smallest absolute Gasteiger partial charge is 0.350 e. The van der Waals surface area contributed by atoms with Crippen molar-refractivity contribution in [3.8, 4) is 16.2 Å². The maximum atomic E-state index is 12.6. The Balaban J connectivity index is 1.83. The summed E-state index contributed by atoms with van der Waals surface area (Å²) < 4.78 is 10.4. The monoisotopic (exact) mass is 409 g/mol. The fourth-order valence-corrected chi connectivity index (χ4v) is 4.02. The lowest BCUT2D eigenvalue weighted by molar-refractivity contribution is -0.115. The zero-order valence-corrected chi connectivity index (χ0v) is 17.5. The van der Waals surface area contributed by atoms with Crippen LogP contribution in [0.15, 0.2) is 54.6 Å². The molecule has 0 saturated heterocycles. The van der Waals surface area contributed by atoms with Crippen molar-refractivity contribution in [3.63, 3.8) is 0 Å². The first-order valence-corrected chi connectivity index (χ1v) is 10.1. The van der Waals surface area contributed by atoms with Crippen LogP contribution < -0.4 is 10.1 Å². The molecule has 0 radical (unpaired) electrons. The molecule has 1 heterocycles. The zero-order chi connectivity index (χ0) is 20.8. The van der Waals surface area contributed by atoms with Crippen LogP contribution in [0.2, 0.25) is 0 Å². The maximum absolute atomic E-state index is 12.6. The molecule has 0 unspecified atom stereocenters. The van der Waals surface area contributed by atoms with Gasteiger partial charge in [0.15, 0.2) is 0 Å². The normalized spacial score (nSPS) is 10.4. The van der Waals surface area contributed by atoms with Crippen molar-refractivity contribution < 1.29 is 19.1 Å². The van der Waals surface area contributed by atoms with E-state index in [4.69, 9.17) is 9.47 Å². The van der Waals surface area contributed by atoms with Gasteiger partial charge in [-0.1, -0.05) is 42.5 Å². The van der Waals surface area contributed by atoms with Gasteiger partial charge in [-0.3, -0.25) is 4.79 Å². The van der Waals surface area contributed by atoms with Crippen molar-refractivity contribution in [2.45, 2.75) is 20.3 Å². The van der Waals surface area contributed by atoms with Crippen molar-refractivity contribution in [2.75, 3.05) is 19.0 Å². The second-order valence-electron chi connectivity index (χ2n) is 6.47. The number of methoxy groups -OCH3 is 1. The molecule has 0 spiro atoms. The van der Waals surface area contributed by atoms with Crippen molar-refractivity contribution in [1.29, 1.82) is 0 Å². The van der Waals surface area contributed by atoms with E-state index >= 15 is 0 Å². The number of esters is 1. The largest absolute Gasteiger partial charge is 0.496 e. The summed E-state index contributed by atoms with van der Waals surface area (Å²) in [5.41, 5.74) is 3.29. The molecule has 0 aliphatic heterocycles. The quantitative estimate of drug-likeness (QED) is 0.552. The molecular weight excluding hydrogens is 386 g/mol. The fraction of sp³-hybridized carbons (Fsp3) is 0.217. The average Bonchev–Trinajstić information content (AvgIpc) is 3.13. The molecule has 3 aromatic rings. The minimum absolute atomic E-state index is 0.197. The van der Waals surface area contributed by atoms with Crippen LogP contribution >= 0.6 is 11.3 Å². The highest BCUT2D eigenvalue weighted by atomic mass is 32.1. The van der Waals surface area contributed by atoms with Crippen LogP contribution in [-0.4, -0.2) is 25.6 Å². The standard InChI is InChI=1S/C23H23NO4S/c1-4-28-23(26)22-18(14-20(29-22)17-8-6-5-7-9-17)24-21(25)13-16-10-11-19(27-3)15(2)12-16/h5-12,14H,4,13H2,1-3H3,(H,24,25). The molecular formula is C23H23NO4S. The minimum Gasteiger partial charge on any atom is -0.496 e. The average molecular weight is 410 g/mol. The second kappa shape index (κ2) is 9.39. The summed E-state index contributed by atoms with van der Waals surface area (Å²) in [4.78, 5) is 26.3. The molecule has 2 aromatic carbocycles. The number of hydrogen-bond acceptors (Lipinski definition) is 5. The van der Waals surface area contributed by atoms with E-state index in [1.54, 1.807) is 14.0 Å². The van der Waals surface area contributed by atoms with Crippen LogP contribution in [0.25, 0.3) is 10.4 Å². The zero-order valence-electron chi connectivity index (χ0n) is 16.7. The van der Waals surface area contributed by atoms with Crippen molar-refractivity contribution in [2.24, 2.45) is 0 Å². The molecule has 1 N–H and O–H groups in total. The topological polar surface area (TPSA) is 64.6 Å². The van der Waals surface area contributed by atoms with Gasteiger partial charge in [0, 0.05) is 4.88 Å². The highest BCUT2D eigenvalue weighted by molar-refractivity contribution is 7.18. The van der Waals surface area contributed by atoms with E-state index in [-0.39, 0.29) is 18.9 Å². The highest BCUT2D eigenvalue weighted by Crippen LogP contribution is 2.35. The summed E-state index contributed by atoms with van der Waals surface area (Å²) in [5, 5.41) is 2.88. The number of rotatable bonds is 7. The van der Waals surface area contributed by atoms with Gasteiger partial charge in [0.05, 0.1) is 25.8 Å². The predicted molar refractivity (Wildman–Crippen MR) is 116 cm³/mol. The molecule has 6 heteroatoms. The molecule has 0 fully saturated rings. The summed E-state index contributed by atoms with van der Waals surface area (Å²) in [6, 6.07) is 17.2. The molecule has 3 rings (SSSR count). The molecule has 0 aliphatic carbocycles. The molecule has 5 nitrogen and oxygen atoms in total. The molecule has 0 aliphatic rings. The summed E-state index contributed by atoms with van der Waals surface area (Å²) in [6.07, 6.45) is 0.198. The summed E-state index contributed by atoms with van der Waals surface area (Å²) in [5.74, 6) is 0.150. The third-order valence-electron chi connectivity index (χ3n) is 4.35. The fourth-order valence-electron chi connectivity index (χ4n) is 3.01. The lowest BCUT2D eigenvalue weighted by Crippen LogP contribution is -2.16. The minimum atomic E-state index is -0.435. The van der Waals surface area contributed by atoms with E-state index < -0.39 is 5.97 Å². The molecule has 0 bridgehead atoms. The summed E-state index contributed by atoms with van der Waals surface area (Å²) in [6.45, 7) is 3.97. The van der Waals surface area contributed by atoms with Gasteiger partial charge in [-0.05, 0) is 42.7 Å². The van der Waals surface area contributed by atoms with Gasteiger partial charge in [0.25, 0.3) is 0 Å². The number of ether oxygens (including phenoxy) is 2. The van der Waals surface area contributed by atoms with E-state index in [2.05, 4.69) is 5.32 Å². The van der Waals surface area contributed by atoms with Crippen LogP contribution in [-0.2, 0) is 16.0 Å². The van der Waals surface area contributed by atoms with Gasteiger partial charge >= 0.3 is 5.97 Å². The molecule has 1 aromatic heterocycles. The molecule has 29 heavy (non-hydrogen) atoms. The van der Waals surface area contributed by atoms with Gasteiger partial charge in [0.2, 0.25) is 5.91 Å². The van der Waals surface area contributed by atoms with E-state index in [1.807, 2.05) is 61.5 Å². The Labute approximate surface area is 174 Å². The second-order valence-corrected chi connectivity index (χ2v) is 7.52. The number of hydrogen-bond donors (Lipinski definition) is 1. The van der Waals surface area contributed by atoms with E-state index in [0.717, 1.165) is 27.3 Å². The number of thiophene rings is 1. The Kier molecular flexibility index (Phi) is 6.67. The van der Waals surface area contributed by atoms with Gasteiger partial charge in [0.1, 0.15) is 10.6 Å². The first kappa shape index (κ1) is 20.6. The van der Waals surface area contributed by atoms with Crippen LogP contribution in [0.5, 0.6) is 5.75 Å². The number of benzene rings is 2. The third-order valence-corrected chi connectivity index (χ3v) is 5.51. The van der Waals surface area contributed by atoms with Gasteiger partial charge in [-0.25, -0.2) is 4.79 Å². The Morgan fingerprint density at radius 2 is 1.83 bits per heavy atom. The van der Waals surface area contributed by atoms with Crippen LogP contribution in [0.3, 0.4) is 0 Å².